The van der Waals surface area contributed by atoms with Crippen LogP contribution in [0.2, 0.25) is 0 Å². The molecule has 2 rings (SSSR count). The lowest BCUT2D eigenvalue weighted by Crippen LogP contribution is -2.18. The summed E-state index contributed by atoms with van der Waals surface area (Å²) in [5.41, 5.74) is -0.803. The largest absolute Gasteiger partial charge is 0.416 e. The first-order valence-corrected chi connectivity index (χ1v) is 5.82. The molecule has 100 valence electrons. The summed E-state index contributed by atoms with van der Waals surface area (Å²) in [5, 5.41) is 2.35. The number of carbonyl (C=O) groups excluding carboxylic acids is 1. The van der Waals surface area contributed by atoms with Gasteiger partial charge in [0.25, 0.3) is 0 Å². The second-order valence-corrected chi connectivity index (χ2v) is 4.54. The van der Waals surface area contributed by atoms with Gasteiger partial charge in [-0.2, -0.15) is 13.2 Å². The Morgan fingerprint density at radius 3 is 2.63 bits per heavy atom. The van der Waals surface area contributed by atoms with Crippen molar-refractivity contribution in [3.8, 4) is 0 Å². The van der Waals surface area contributed by atoms with Crippen molar-refractivity contribution in [3.05, 3.63) is 47.0 Å². The van der Waals surface area contributed by atoms with Crippen LogP contribution in [0.1, 0.15) is 5.56 Å². The van der Waals surface area contributed by atoms with Crippen molar-refractivity contribution >= 4 is 27.6 Å². The zero-order valence-electron chi connectivity index (χ0n) is 9.28. The average molecular weight is 334 g/mol. The number of imidazole rings is 1. The minimum Gasteiger partial charge on any atom is -0.307 e. The summed E-state index contributed by atoms with van der Waals surface area (Å²) in [6, 6.07) is 2.58. The Bertz CT molecular complexity index is 596. The molecule has 1 N–H and O–H groups in total. The molecule has 0 radical (unpaired) electrons. The number of anilines is 1. The molecule has 0 bridgehead atoms. The van der Waals surface area contributed by atoms with Gasteiger partial charge in [0.05, 0.1) is 5.56 Å². The highest BCUT2D eigenvalue weighted by atomic mass is 79.9. The van der Waals surface area contributed by atoms with Crippen LogP contribution in [0.4, 0.5) is 23.7 Å². The number of aromatic nitrogens is 2. The third kappa shape index (κ3) is 3.34. The van der Waals surface area contributed by atoms with Gasteiger partial charge in [0.2, 0.25) is 0 Å². The fourth-order valence-electron chi connectivity index (χ4n) is 1.39. The normalized spacial score (nSPS) is 11.4. The maximum atomic E-state index is 12.6. The molecular weight excluding hydrogens is 327 g/mol. The maximum absolute atomic E-state index is 12.6. The van der Waals surface area contributed by atoms with Gasteiger partial charge in [0.1, 0.15) is 6.33 Å². The van der Waals surface area contributed by atoms with Gasteiger partial charge in [-0.3, -0.25) is 4.57 Å². The molecule has 0 aliphatic carbocycles. The molecule has 0 unspecified atom stereocenters. The summed E-state index contributed by atoms with van der Waals surface area (Å²) in [6.07, 6.45) is -0.449. The number of rotatable bonds is 1. The maximum Gasteiger partial charge on any atom is 0.416 e. The number of alkyl halides is 3. The zero-order valence-corrected chi connectivity index (χ0v) is 10.9. The van der Waals surface area contributed by atoms with E-state index in [2.05, 4.69) is 26.2 Å². The van der Waals surface area contributed by atoms with E-state index >= 15 is 0 Å². The van der Waals surface area contributed by atoms with E-state index in [-0.39, 0.29) is 10.2 Å². The average Bonchev–Trinajstić information content (AvgIpc) is 2.80. The van der Waals surface area contributed by atoms with Crippen LogP contribution in [-0.2, 0) is 6.18 Å². The lowest BCUT2D eigenvalue weighted by atomic mass is 10.2. The lowest BCUT2D eigenvalue weighted by Gasteiger charge is -2.11. The Hall–Kier alpha value is -1.83. The number of nitrogens with one attached hydrogen (secondary N) is 1. The molecule has 19 heavy (non-hydrogen) atoms. The van der Waals surface area contributed by atoms with Crippen molar-refractivity contribution in [2.45, 2.75) is 6.18 Å². The van der Waals surface area contributed by atoms with Crippen molar-refractivity contribution in [1.82, 2.24) is 9.55 Å². The van der Waals surface area contributed by atoms with E-state index in [4.69, 9.17) is 0 Å². The van der Waals surface area contributed by atoms with E-state index < -0.39 is 17.8 Å². The molecule has 0 saturated carbocycles. The summed E-state index contributed by atoms with van der Waals surface area (Å²) < 4.78 is 39.2. The number of carbonyl (C=O) groups is 1. The number of amides is 1. The minimum atomic E-state index is -4.47. The second-order valence-electron chi connectivity index (χ2n) is 3.63. The fraction of sp³-hybridized carbons (Fsp3) is 0.0909. The summed E-state index contributed by atoms with van der Waals surface area (Å²) >= 11 is 2.97. The van der Waals surface area contributed by atoms with E-state index in [1.807, 2.05) is 0 Å². The zero-order chi connectivity index (χ0) is 14.0. The Balaban J connectivity index is 2.26. The molecule has 0 aliphatic rings. The van der Waals surface area contributed by atoms with E-state index in [0.717, 1.165) is 16.7 Å². The smallest absolute Gasteiger partial charge is 0.307 e. The van der Waals surface area contributed by atoms with Crippen LogP contribution >= 0.6 is 15.9 Å². The molecule has 1 heterocycles. The molecule has 0 aliphatic heterocycles. The predicted octanol–water partition coefficient (Wildman–Crippen LogP) is 3.74. The topological polar surface area (TPSA) is 46.9 Å². The van der Waals surface area contributed by atoms with Gasteiger partial charge in [-0.05, 0) is 18.2 Å². The summed E-state index contributed by atoms with van der Waals surface area (Å²) in [6.45, 7) is 0. The highest BCUT2D eigenvalue weighted by Gasteiger charge is 2.31. The van der Waals surface area contributed by atoms with Crippen LogP contribution in [0.5, 0.6) is 0 Å². The summed E-state index contributed by atoms with van der Waals surface area (Å²) in [7, 11) is 0. The Labute approximate surface area is 114 Å². The van der Waals surface area contributed by atoms with Gasteiger partial charge in [-0.15, -0.1) is 0 Å². The second kappa shape index (κ2) is 5.04. The van der Waals surface area contributed by atoms with E-state index in [1.165, 1.54) is 24.8 Å². The molecule has 1 aromatic heterocycles. The van der Waals surface area contributed by atoms with E-state index in [9.17, 15) is 18.0 Å². The first-order valence-electron chi connectivity index (χ1n) is 5.03. The molecular formula is C11H7BrF3N3O. The molecule has 0 saturated heterocycles. The quantitative estimate of drug-likeness (QED) is 0.864. The highest BCUT2D eigenvalue weighted by Crippen LogP contribution is 2.33. The number of benzene rings is 1. The van der Waals surface area contributed by atoms with Gasteiger partial charge in [0.15, 0.2) is 0 Å². The summed E-state index contributed by atoms with van der Waals surface area (Å²) in [5.74, 6) is 0. The monoisotopic (exact) mass is 333 g/mol. The number of hydrogen-bond acceptors (Lipinski definition) is 2. The molecule has 1 amide bonds. The molecule has 4 nitrogen and oxygen atoms in total. The van der Waals surface area contributed by atoms with E-state index in [1.54, 1.807) is 0 Å². The lowest BCUT2D eigenvalue weighted by molar-refractivity contribution is -0.137. The first-order chi connectivity index (χ1) is 8.86. The predicted molar refractivity (Wildman–Crippen MR) is 65.8 cm³/mol. The van der Waals surface area contributed by atoms with Gasteiger partial charge in [-0.25, -0.2) is 9.78 Å². The highest BCUT2D eigenvalue weighted by molar-refractivity contribution is 9.10. The van der Waals surface area contributed by atoms with Crippen LogP contribution in [0.15, 0.2) is 41.4 Å². The molecule has 8 heteroatoms. The van der Waals surface area contributed by atoms with Crippen molar-refractivity contribution < 1.29 is 18.0 Å². The minimum absolute atomic E-state index is 0.0420. The Morgan fingerprint density at radius 1 is 1.32 bits per heavy atom. The molecule has 2 aromatic rings. The van der Waals surface area contributed by atoms with Crippen molar-refractivity contribution in [2.24, 2.45) is 0 Å². The summed E-state index contributed by atoms with van der Waals surface area (Å²) in [4.78, 5) is 15.3. The Kier molecular flexibility index (Phi) is 3.61. The van der Waals surface area contributed by atoms with Crippen LogP contribution in [0.25, 0.3) is 0 Å². The van der Waals surface area contributed by atoms with Gasteiger partial charge < -0.3 is 5.32 Å². The van der Waals surface area contributed by atoms with E-state index in [0.29, 0.717) is 0 Å². The number of hydrogen-bond donors (Lipinski definition) is 1. The standard InChI is InChI=1S/C11H7BrF3N3O/c12-8-3-7(11(13,14)15)4-9(5-8)17-10(19)18-2-1-16-6-18/h1-6H,(H,17,19). The van der Waals surface area contributed by atoms with Crippen LogP contribution < -0.4 is 5.32 Å². The number of nitrogens with zero attached hydrogens (tertiary/aromatic N) is 2. The van der Waals surface area contributed by atoms with Gasteiger partial charge in [0, 0.05) is 22.6 Å². The van der Waals surface area contributed by atoms with Crippen LogP contribution in [0, 0.1) is 0 Å². The van der Waals surface area contributed by atoms with Gasteiger partial charge >= 0.3 is 12.2 Å². The van der Waals surface area contributed by atoms with Crippen LogP contribution in [-0.4, -0.2) is 15.6 Å². The van der Waals surface area contributed by atoms with Crippen molar-refractivity contribution in [3.63, 3.8) is 0 Å². The molecule has 0 spiro atoms. The Morgan fingerprint density at radius 2 is 2.05 bits per heavy atom. The van der Waals surface area contributed by atoms with Crippen LogP contribution in [0.3, 0.4) is 0 Å². The molecule has 0 fully saturated rings. The van der Waals surface area contributed by atoms with Gasteiger partial charge in [-0.1, -0.05) is 15.9 Å². The fourth-order valence-corrected chi connectivity index (χ4v) is 1.89. The SMILES string of the molecule is O=C(Nc1cc(Br)cc(C(F)(F)F)c1)n1ccnc1. The third-order valence-corrected chi connectivity index (χ3v) is 2.67. The number of halogens is 4. The molecule has 0 atom stereocenters. The van der Waals surface area contributed by atoms with Crippen molar-refractivity contribution in [2.75, 3.05) is 5.32 Å². The first kappa shape index (κ1) is 13.6. The third-order valence-electron chi connectivity index (χ3n) is 2.22. The van der Waals surface area contributed by atoms with Crippen molar-refractivity contribution in [1.29, 1.82) is 0 Å². The molecule has 1 aromatic carbocycles.